The minimum Gasteiger partial charge on any atom is -0.387 e. The summed E-state index contributed by atoms with van der Waals surface area (Å²) in [6.07, 6.45) is 1.04. The van der Waals surface area contributed by atoms with Crippen molar-refractivity contribution in [2.75, 3.05) is 13.1 Å². The smallest absolute Gasteiger partial charge is 0.274 e. The Kier molecular flexibility index (Phi) is 5.25. The van der Waals surface area contributed by atoms with Gasteiger partial charge in [0.05, 0.1) is 24.2 Å². The molecule has 0 radical (unpaired) electrons. The molecule has 0 aliphatic heterocycles. The first-order valence-electron chi connectivity index (χ1n) is 7.74. The molecule has 3 rings (SSSR count). The molecule has 2 N–H and O–H groups in total. The van der Waals surface area contributed by atoms with Crippen LogP contribution in [0.15, 0.2) is 59.5 Å². The van der Waals surface area contributed by atoms with Crippen LogP contribution in [0, 0.1) is 0 Å². The van der Waals surface area contributed by atoms with E-state index < -0.39 is 6.10 Å². The van der Waals surface area contributed by atoms with Gasteiger partial charge in [0, 0.05) is 23.5 Å². The molecule has 0 saturated carbocycles. The van der Waals surface area contributed by atoms with Crippen LogP contribution in [0.25, 0.3) is 10.8 Å². The van der Waals surface area contributed by atoms with Crippen LogP contribution in [-0.4, -0.2) is 28.0 Å². The molecule has 0 aliphatic rings. The van der Waals surface area contributed by atoms with Crippen molar-refractivity contribution >= 4 is 22.4 Å². The lowest BCUT2D eigenvalue weighted by atomic mass is 10.1. The Hall–Kier alpha value is -2.21. The van der Waals surface area contributed by atoms with Gasteiger partial charge in [-0.2, -0.15) is 5.10 Å². The number of fused-ring (bicyclic) bond motifs is 1. The zero-order valence-electron chi connectivity index (χ0n) is 13.0. The third-order valence-corrected chi connectivity index (χ3v) is 4.07. The Morgan fingerprint density at radius 2 is 2.04 bits per heavy atom. The normalized spacial score (nSPS) is 12.4. The molecule has 0 spiro atoms. The predicted octanol–water partition coefficient (Wildman–Crippen LogP) is 2.37. The molecule has 1 heterocycles. The van der Waals surface area contributed by atoms with Gasteiger partial charge in [-0.1, -0.05) is 41.9 Å². The number of aliphatic hydroxyl groups excluding tert-OH is 1. The van der Waals surface area contributed by atoms with Gasteiger partial charge in [0.25, 0.3) is 5.56 Å². The van der Waals surface area contributed by atoms with E-state index in [1.807, 2.05) is 24.3 Å². The Morgan fingerprint density at radius 1 is 1.21 bits per heavy atom. The third kappa shape index (κ3) is 3.82. The lowest BCUT2D eigenvalue weighted by molar-refractivity contribution is 0.174. The highest BCUT2D eigenvalue weighted by Crippen LogP contribution is 2.16. The second-order valence-corrected chi connectivity index (χ2v) is 5.97. The van der Waals surface area contributed by atoms with Crippen molar-refractivity contribution in [1.29, 1.82) is 0 Å². The zero-order valence-corrected chi connectivity index (χ0v) is 13.8. The van der Waals surface area contributed by atoms with Gasteiger partial charge in [-0.05, 0) is 23.8 Å². The quantitative estimate of drug-likeness (QED) is 0.674. The Labute approximate surface area is 144 Å². The van der Waals surface area contributed by atoms with E-state index in [2.05, 4.69) is 10.4 Å². The lowest BCUT2D eigenvalue weighted by Crippen LogP contribution is -2.30. The minimum absolute atomic E-state index is 0.106. The molecule has 0 fully saturated rings. The van der Waals surface area contributed by atoms with Crippen molar-refractivity contribution in [3.8, 4) is 0 Å². The van der Waals surface area contributed by atoms with E-state index >= 15 is 0 Å². The molecule has 3 aromatic rings. The Balaban J connectivity index is 1.57. The SMILES string of the molecule is O=c1c2ccccc2cnn1CCNCC(O)c1cccc(Cl)c1. The van der Waals surface area contributed by atoms with Gasteiger partial charge >= 0.3 is 0 Å². The molecule has 0 aliphatic carbocycles. The molecule has 0 amide bonds. The molecule has 0 saturated heterocycles. The number of halogens is 1. The summed E-state index contributed by atoms with van der Waals surface area (Å²) in [5.41, 5.74) is 0.654. The summed E-state index contributed by atoms with van der Waals surface area (Å²) in [5.74, 6) is 0. The molecule has 6 heteroatoms. The van der Waals surface area contributed by atoms with Crippen LogP contribution in [0.1, 0.15) is 11.7 Å². The summed E-state index contributed by atoms with van der Waals surface area (Å²) in [6.45, 7) is 1.34. The van der Waals surface area contributed by atoms with E-state index in [0.717, 1.165) is 10.9 Å². The number of rotatable bonds is 6. The number of nitrogens with one attached hydrogen (secondary N) is 1. The van der Waals surface area contributed by atoms with Crippen LogP contribution in [0.4, 0.5) is 0 Å². The average Bonchev–Trinajstić information content (AvgIpc) is 2.60. The van der Waals surface area contributed by atoms with Crippen molar-refractivity contribution in [1.82, 2.24) is 15.1 Å². The first-order chi connectivity index (χ1) is 11.6. The van der Waals surface area contributed by atoms with Crippen molar-refractivity contribution in [3.05, 3.63) is 75.7 Å². The van der Waals surface area contributed by atoms with Gasteiger partial charge in [0.2, 0.25) is 0 Å². The minimum atomic E-state index is -0.648. The van der Waals surface area contributed by atoms with Crippen molar-refractivity contribution in [2.45, 2.75) is 12.6 Å². The summed E-state index contributed by atoms with van der Waals surface area (Å²) >= 11 is 5.92. The molecule has 5 nitrogen and oxygen atoms in total. The van der Waals surface area contributed by atoms with Crippen LogP contribution < -0.4 is 10.9 Å². The summed E-state index contributed by atoms with van der Waals surface area (Å²) in [5, 5.41) is 19.5. The Bertz CT molecular complexity index is 895. The van der Waals surface area contributed by atoms with Gasteiger partial charge in [0.15, 0.2) is 0 Å². The molecule has 1 atom stereocenters. The number of hydrogen-bond acceptors (Lipinski definition) is 4. The number of aliphatic hydroxyl groups is 1. The second kappa shape index (κ2) is 7.57. The van der Waals surface area contributed by atoms with Crippen LogP contribution in [0.2, 0.25) is 5.02 Å². The fraction of sp³-hybridized carbons (Fsp3) is 0.222. The zero-order chi connectivity index (χ0) is 16.9. The van der Waals surface area contributed by atoms with E-state index in [0.29, 0.717) is 30.0 Å². The molecule has 24 heavy (non-hydrogen) atoms. The van der Waals surface area contributed by atoms with Gasteiger partial charge in [-0.15, -0.1) is 0 Å². The number of benzene rings is 2. The van der Waals surface area contributed by atoms with Gasteiger partial charge in [-0.25, -0.2) is 4.68 Å². The van der Waals surface area contributed by atoms with Crippen LogP contribution in [0.3, 0.4) is 0 Å². The summed E-state index contributed by atoms with van der Waals surface area (Å²) in [7, 11) is 0. The van der Waals surface area contributed by atoms with Gasteiger partial charge in [0.1, 0.15) is 0 Å². The third-order valence-electron chi connectivity index (χ3n) is 3.83. The molecule has 1 unspecified atom stereocenters. The van der Waals surface area contributed by atoms with E-state index in [9.17, 15) is 9.90 Å². The maximum atomic E-state index is 12.3. The number of nitrogens with zero attached hydrogens (tertiary/aromatic N) is 2. The highest BCUT2D eigenvalue weighted by Gasteiger charge is 2.08. The maximum Gasteiger partial charge on any atom is 0.274 e. The Morgan fingerprint density at radius 3 is 2.88 bits per heavy atom. The van der Waals surface area contributed by atoms with E-state index in [4.69, 9.17) is 11.6 Å². The summed E-state index contributed by atoms with van der Waals surface area (Å²) < 4.78 is 1.43. The van der Waals surface area contributed by atoms with E-state index in [1.54, 1.807) is 30.5 Å². The topological polar surface area (TPSA) is 67.2 Å². The molecule has 2 aromatic carbocycles. The van der Waals surface area contributed by atoms with Crippen molar-refractivity contribution in [3.63, 3.8) is 0 Å². The average molecular weight is 344 g/mol. The van der Waals surface area contributed by atoms with Crippen LogP contribution in [-0.2, 0) is 6.54 Å². The number of hydrogen-bond donors (Lipinski definition) is 2. The highest BCUT2D eigenvalue weighted by atomic mass is 35.5. The number of aromatic nitrogens is 2. The second-order valence-electron chi connectivity index (χ2n) is 5.54. The van der Waals surface area contributed by atoms with Crippen LogP contribution in [0.5, 0.6) is 0 Å². The standard InChI is InChI=1S/C18H18ClN3O2/c19-15-6-3-5-13(10-15)17(23)12-20-8-9-22-18(24)16-7-2-1-4-14(16)11-21-22/h1-7,10-11,17,20,23H,8-9,12H2. The monoisotopic (exact) mass is 343 g/mol. The van der Waals surface area contributed by atoms with Gasteiger partial charge in [-0.3, -0.25) is 4.79 Å². The molecular formula is C18H18ClN3O2. The van der Waals surface area contributed by atoms with E-state index in [1.165, 1.54) is 4.68 Å². The largest absolute Gasteiger partial charge is 0.387 e. The highest BCUT2D eigenvalue weighted by molar-refractivity contribution is 6.30. The van der Waals surface area contributed by atoms with Crippen molar-refractivity contribution < 1.29 is 5.11 Å². The van der Waals surface area contributed by atoms with Crippen LogP contribution >= 0.6 is 11.6 Å². The first kappa shape index (κ1) is 16.6. The summed E-state index contributed by atoms with van der Waals surface area (Å²) in [4.78, 5) is 12.3. The fourth-order valence-corrected chi connectivity index (χ4v) is 2.74. The molecular weight excluding hydrogens is 326 g/mol. The molecule has 1 aromatic heterocycles. The first-order valence-corrected chi connectivity index (χ1v) is 8.12. The molecule has 0 bridgehead atoms. The maximum absolute atomic E-state index is 12.3. The molecule has 124 valence electrons. The van der Waals surface area contributed by atoms with Gasteiger partial charge < -0.3 is 10.4 Å². The lowest BCUT2D eigenvalue weighted by Gasteiger charge is -2.13. The van der Waals surface area contributed by atoms with E-state index in [-0.39, 0.29) is 5.56 Å². The van der Waals surface area contributed by atoms with Crippen molar-refractivity contribution in [2.24, 2.45) is 0 Å². The fourth-order valence-electron chi connectivity index (χ4n) is 2.54. The summed E-state index contributed by atoms with van der Waals surface area (Å²) in [6, 6.07) is 14.5. The predicted molar refractivity (Wildman–Crippen MR) is 95.3 cm³/mol.